The number of alkyl halides is 4. The van der Waals surface area contributed by atoms with Gasteiger partial charge >= 0.3 is 6.18 Å². The Hall–Kier alpha value is -6.78. The Balaban J connectivity index is 0.000000202. The van der Waals surface area contributed by atoms with E-state index in [9.17, 15) is 17.6 Å². The van der Waals surface area contributed by atoms with Crippen LogP contribution in [0.1, 0.15) is 52.9 Å². The van der Waals surface area contributed by atoms with Gasteiger partial charge in [0.15, 0.2) is 0 Å². The Morgan fingerprint density at radius 1 is 0.619 bits per heavy atom. The van der Waals surface area contributed by atoms with Crippen LogP contribution in [-0.2, 0) is 105 Å². The Labute approximate surface area is 541 Å². The van der Waals surface area contributed by atoms with E-state index in [1.165, 1.54) is 22.0 Å². The molecule has 8 aromatic heterocycles. The quantitative estimate of drug-likeness (QED) is 0.0675. The summed E-state index contributed by atoms with van der Waals surface area (Å²) in [5.41, 5.74) is 7.31. The fraction of sp³-hybridized carbons (Fsp3) is 0.159. The van der Waals surface area contributed by atoms with E-state index >= 15 is 0 Å². The molecule has 0 amide bonds. The molecule has 440 valence electrons. The second-order valence-corrected chi connectivity index (χ2v) is 20.7. The SMILES string of the molecule is CCCc1cc(N(C)C)cc(-n2[c-]ccn2)n1.Cc1c[c-]n(-c2cccc(Cc3ccccc3)n2)c1C.FC(F)(F)c1c[c-]n(-c2cccc([SiH2]c3ccccc3)n2)n1.FCc1nc(-n2[c-]c3ccccc3n2)cc2ccccc12.[Ir].[Ir].[Ir].[Rh]. The van der Waals surface area contributed by atoms with Crippen LogP contribution in [0.3, 0.4) is 0 Å². The Morgan fingerprint density at radius 3 is 1.96 bits per heavy atom. The van der Waals surface area contributed by atoms with Crippen LogP contribution in [0.15, 0.2) is 188 Å². The van der Waals surface area contributed by atoms with Crippen LogP contribution in [0.2, 0.25) is 0 Å². The van der Waals surface area contributed by atoms with Gasteiger partial charge in [0, 0.05) is 134 Å². The number of halogens is 4. The second kappa shape index (κ2) is 32.5. The van der Waals surface area contributed by atoms with Gasteiger partial charge in [-0.2, -0.15) is 13.2 Å². The maximum Gasteiger partial charge on any atom is 0.388 e. The molecule has 0 N–H and O–H groups in total. The van der Waals surface area contributed by atoms with Crippen LogP contribution in [0.5, 0.6) is 0 Å². The number of pyridine rings is 4. The van der Waals surface area contributed by atoms with Gasteiger partial charge < -0.3 is 28.5 Å². The first-order valence-electron chi connectivity index (χ1n) is 25.9. The number of aromatic nitrogens is 11. The number of fused-ring (bicyclic) bond motifs is 2. The molecule has 12 nitrogen and oxygen atoms in total. The molecule has 4 aromatic carbocycles. The van der Waals surface area contributed by atoms with Gasteiger partial charge in [-0.15, -0.1) is 41.3 Å². The average Bonchev–Trinajstić information content (AvgIpc) is 4.50. The zero-order valence-corrected chi connectivity index (χ0v) is 56.4. The van der Waals surface area contributed by atoms with E-state index < -0.39 is 28.1 Å². The first kappa shape index (κ1) is 68.0. The van der Waals surface area contributed by atoms with E-state index in [2.05, 4.69) is 123 Å². The summed E-state index contributed by atoms with van der Waals surface area (Å²) >= 11 is 0. The molecular weight excluding hydrogens is 1710 g/mol. The number of benzene rings is 4. The summed E-state index contributed by atoms with van der Waals surface area (Å²) in [5.74, 6) is 2.68. The summed E-state index contributed by atoms with van der Waals surface area (Å²) in [4.78, 5) is 20.2. The third-order valence-electron chi connectivity index (χ3n) is 12.7. The first-order chi connectivity index (χ1) is 38.8. The average molecular weight is 1760 g/mol. The van der Waals surface area contributed by atoms with Crippen molar-refractivity contribution in [1.82, 2.24) is 53.8 Å². The molecule has 12 rings (SSSR count). The molecule has 21 heteroatoms. The number of nitrogens with zero attached hydrogens (tertiary/aromatic N) is 12. The molecule has 0 saturated heterocycles. The largest absolute Gasteiger partial charge is 0.433 e. The molecule has 0 atom stereocenters. The minimum Gasteiger partial charge on any atom is -0.433 e. The van der Waals surface area contributed by atoms with Gasteiger partial charge in [-0.25, -0.2) is 9.49 Å². The molecule has 0 aliphatic heterocycles. The zero-order chi connectivity index (χ0) is 56.0. The minimum atomic E-state index is -4.47. The van der Waals surface area contributed by atoms with Crippen molar-refractivity contribution in [3.05, 3.63) is 253 Å². The molecule has 0 aliphatic carbocycles. The summed E-state index contributed by atoms with van der Waals surface area (Å²) < 4.78 is 57.3. The van der Waals surface area contributed by atoms with E-state index in [4.69, 9.17) is 4.98 Å². The minimum absolute atomic E-state index is 0. The van der Waals surface area contributed by atoms with Crippen molar-refractivity contribution < 1.29 is 97.4 Å². The van der Waals surface area contributed by atoms with Gasteiger partial charge in [0.1, 0.15) is 16.2 Å². The van der Waals surface area contributed by atoms with E-state index in [0.717, 1.165) is 85.7 Å². The second-order valence-electron chi connectivity index (χ2n) is 18.8. The van der Waals surface area contributed by atoms with E-state index in [-0.39, 0.29) is 79.8 Å². The van der Waals surface area contributed by atoms with E-state index in [1.807, 2.05) is 134 Å². The zero-order valence-electron chi connectivity index (χ0n) is 46.1. The van der Waals surface area contributed by atoms with Crippen molar-refractivity contribution >= 4 is 47.4 Å². The molecule has 4 radical (unpaired) electrons. The molecule has 8 heterocycles. The van der Waals surface area contributed by atoms with Crippen LogP contribution < -0.4 is 15.4 Å². The summed E-state index contributed by atoms with van der Waals surface area (Å²) in [5, 5.41) is 16.9. The standard InChI is InChI=1S/C18H17N2.C17H11FN3.C15H11F3N3Si.C13H17N4.3Ir.Rh/c1-14-11-12-20(15(14)2)18-10-6-9-17(19-18)13-16-7-4-3-5-8-16;18-10-16-14-7-3-1-5-12(14)9-17(19-16)21-11-13-6-2-4-8-15(13)20-21;16-15(17,18)12-9-10-21(20-12)13-7-4-8-14(19-13)22-11-5-2-1-3-6-11;1-4-6-11-9-12(16(2)3)10-13(15-11)17-8-5-7-14-17;;;;/h3-11H,13H2,1-2H3;1-9H,10H2;1-9H,22H2;5,7,9-10H,4,6H2,1-3H3;;;;/q4*-1;;;;. The summed E-state index contributed by atoms with van der Waals surface area (Å²) in [6.07, 6.45) is 12.0. The normalized spacial score (nSPS) is 10.7. The van der Waals surface area contributed by atoms with Gasteiger partial charge in [-0.05, 0) is 41.8 Å². The Morgan fingerprint density at radius 2 is 1.30 bits per heavy atom. The van der Waals surface area contributed by atoms with Gasteiger partial charge in [0.25, 0.3) is 0 Å². The fourth-order valence-corrected chi connectivity index (χ4v) is 9.87. The summed E-state index contributed by atoms with van der Waals surface area (Å²) in [6, 6.07) is 57.8. The number of rotatable bonds is 12. The van der Waals surface area contributed by atoms with Gasteiger partial charge in [-0.1, -0.05) is 196 Å². The van der Waals surface area contributed by atoms with Crippen molar-refractivity contribution in [2.45, 2.75) is 52.9 Å². The van der Waals surface area contributed by atoms with Crippen molar-refractivity contribution in [2.24, 2.45) is 0 Å². The van der Waals surface area contributed by atoms with Gasteiger partial charge in [0.2, 0.25) is 0 Å². The molecule has 0 aliphatic rings. The smallest absolute Gasteiger partial charge is 0.388 e. The third kappa shape index (κ3) is 18.1. The molecule has 12 aromatic rings. The van der Waals surface area contributed by atoms with Gasteiger partial charge in [0.05, 0.1) is 34.7 Å². The van der Waals surface area contributed by atoms with Crippen LogP contribution in [0.4, 0.5) is 23.2 Å². The van der Waals surface area contributed by atoms with E-state index in [0.29, 0.717) is 17.3 Å². The van der Waals surface area contributed by atoms with Crippen LogP contribution >= 0.6 is 0 Å². The van der Waals surface area contributed by atoms with E-state index in [1.54, 1.807) is 33.8 Å². The maximum atomic E-state index is 13.3. The topological polar surface area (TPSA) is 113 Å². The number of anilines is 1. The van der Waals surface area contributed by atoms with Gasteiger partial charge in [-0.3, -0.25) is 25.1 Å². The molecule has 84 heavy (non-hydrogen) atoms. The Bertz CT molecular complexity index is 3900. The number of aryl methyl sites for hydroxylation is 2. The molecule has 0 saturated carbocycles. The number of hydrogen-bond donors (Lipinski definition) is 0. The maximum absolute atomic E-state index is 13.3. The van der Waals surface area contributed by atoms with Crippen molar-refractivity contribution in [3.8, 4) is 23.3 Å². The monoisotopic (exact) mass is 1770 g/mol. The van der Waals surface area contributed by atoms with Crippen LogP contribution in [0, 0.1) is 38.6 Å². The fourth-order valence-electron chi connectivity index (χ4n) is 8.45. The van der Waals surface area contributed by atoms with Crippen molar-refractivity contribution in [2.75, 3.05) is 19.0 Å². The van der Waals surface area contributed by atoms with Crippen LogP contribution in [0.25, 0.3) is 44.9 Å². The Kier molecular flexibility index (Phi) is 26.3. The number of hydrogen-bond acceptors (Lipinski definition) is 8. The summed E-state index contributed by atoms with van der Waals surface area (Å²) in [7, 11) is 3.29. The molecule has 0 fully saturated rings. The first-order valence-corrected chi connectivity index (χ1v) is 27.3. The molecular formula is C63H56F4Ir3N12RhSi-4. The van der Waals surface area contributed by atoms with Crippen molar-refractivity contribution in [3.63, 3.8) is 0 Å². The predicted molar refractivity (Wildman–Crippen MR) is 309 cm³/mol. The molecule has 0 bridgehead atoms. The third-order valence-corrected chi connectivity index (χ3v) is 14.3. The summed E-state index contributed by atoms with van der Waals surface area (Å²) in [6.45, 7) is 5.74. The van der Waals surface area contributed by atoms with Crippen molar-refractivity contribution in [1.29, 1.82) is 0 Å². The molecule has 0 unspecified atom stereocenters. The molecule has 0 spiro atoms. The van der Waals surface area contributed by atoms with Crippen LogP contribution in [-0.4, -0.2) is 77.5 Å². The predicted octanol–water partition coefficient (Wildman–Crippen LogP) is 11.0.